The summed E-state index contributed by atoms with van der Waals surface area (Å²) in [5.41, 5.74) is 7.62. The minimum absolute atomic E-state index is 0.0418. The van der Waals surface area contributed by atoms with Crippen LogP contribution in [-0.2, 0) is 0 Å². The lowest BCUT2D eigenvalue weighted by molar-refractivity contribution is 0.0925. The molecule has 3 N–H and O–H groups in total. The molecule has 2 unspecified atom stereocenters. The van der Waals surface area contributed by atoms with Crippen LogP contribution in [0.15, 0.2) is 11.7 Å². The van der Waals surface area contributed by atoms with Crippen molar-refractivity contribution in [1.82, 2.24) is 10.3 Å². The number of nitrogens with one attached hydrogen (secondary N) is 1. The van der Waals surface area contributed by atoms with E-state index in [0.717, 1.165) is 19.3 Å². The van der Waals surface area contributed by atoms with Gasteiger partial charge in [-0.1, -0.05) is 12.8 Å². The molecule has 0 bridgehead atoms. The number of rotatable bonds is 2. The standard InChI is InChI=1S/C10H15N3OS/c11-7-3-1-2-4-8(7)13-10(14)9-5-12-6-15-9/h5-8H,1-4,11H2,(H,13,14). The molecule has 15 heavy (non-hydrogen) atoms. The zero-order chi connectivity index (χ0) is 10.7. The largest absolute Gasteiger partial charge is 0.347 e. The Morgan fingerprint density at radius 1 is 1.53 bits per heavy atom. The molecule has 1 aromatic rings. The molecule has 1 amide bonds. The van der Waals surface area contributed by atoms with E-state index in [2.05, 4.69) is 10.3 Å². The first-order chi connectivity index (χ1) is 7.27. The first-order valence-electron chi connectivity index (χ1n) is 5.22. The second kappa shape index (κ2) is 4.72. The van der Waals surface area contributed by atoms with Gasteiger partial charge in [0, 0.05) is 12.1 Å². The van der Waals surface area contributed by atoms with Crippen molar-refractivity contribution in [2.24, 2.45) is 5.73 Å². The van der Waals surface area contributed by atoms with Crippen LogP contribution in [0.3, 0.4) is 0 Å². The molecule has 1 saturated carbocycles. The third-order valence-corrected chi connectivity index (χ3v) is 3.56. The molecule has 1 aliphatic rings. The summed E-state index contributed by atoms with van der Waals surface area (Å²) in [5.74, 6) is -0.0418. The van der Waals surface area contributed by atoms with E-state index in [4.69, 9.17) is 5.73 Å². The van der Waals surface area contributed by atoms with Crippen molar-refractivity contribution >= 4 is 17.2 Å². The van der Waals surface area contributed by atoms with Crippen molar-refractivity contribution in [3.8, 4) is 0 Å². The molecule has 1 aliphatic carbocycles. The van der Waals surface area contributed by atoms with E-state index in [1.165, 1.54) is 17.8 Å². The predicted octanol–water partition coefficient (Wildman–Crippen LogP) is 1.14. The van der Waals surface area contributed by atoms with E-state index in [1.54, 1.807) is 11.7 Å². The first kappa shape index (κ1) is 10.6. The number of carbonyl (C=O) groups excluding carboxylic acids is 1. The molecule has 82 valence electrons. The van der Waals surface area contributed by atoms with Gasteiger partial charge in [0.05, 0.1) is 11.7 Å². The first-order valence-corrected chi connectivity index (χ1v) is 6.10. The van der Waals surface area contributed by atoms with Crippen molar-refractivity contribution in [2.45, 2.75) is 37.8 Å². The van der Waals surface area contributed by atoms with Crippen LogP contribution in [0.2, 0.25) is 0 Å². The molecule has 1 heterocycles. The average molecular weight is 225 g/mol. The minimum Gasteiger partial charge on any atom is -0.347 e. The molecule has 5 heteroatoms. The van der Waals surface area contributed by atoms with E-state index in [9.17, 15) is 4.79 Å². The molecule has 1 fully saturated rings. The summed E-state index contributed by atoms with van der Waals surface area (Å²) >= 11 is 1.36. The topological polar surface area (TPSA) is 68.0 Å². The Hall–Kier alpha value is -0.940. The number of hydrogen-bond acceptors (Lipinski definition) is 4. The second-order valence-corrected chi connectivity index (χ2v) is 4.78. The van der Waals surface area contributed by atoms with Crippen LogP contribution in [0, 0.1) is 0 Å². The highest BCUT2D eigenvalue weighted by Gasteiger charge is 2.23. The molecular weight excluding hydrogens is 210 g/mol. The molecule has 0 radical (unpaired) electrons. The average Bonchev–Trinajstić information content (AvgIpc) is 2.74. The van der Waals surface area contributed by atoms with Gasteiger partial charge in [0.1, 0.15) is 4.88 Å². The molecule has 0 aliphatic heterocycles. The number of nitrogens with zero attached hydrogens (tertiary/aromatic N) is 1. The van der Waals surface area contributed by atoms with Gasteiger partial charge < -0.3 is 11.1 Å². The Labute approximate surface area is 92.9 Å². The highest BCUT2D eigenvalue weighted by atomic mass is 32.1. The number of amides is 1. The number of nitrogens with two attached hydrogens (primary N) is 1. The summed E-state index contributed by atoms with van der Waals surface area (Å²) in [5, 5.41) is 2.98. The van der Waals surface area contributed by atoms with Gasteiger partial charge in [-0.05, 0) is 12.8 Å². The van der Waals surface area contributed by atoms with Crippen molar-refractivity contribution in [3.05, 3.63) is 16.6 Å². The van der Waals surface area contributed by atoms with Crippen molar-refractivity contribution in [2.75, 3.05) is 0 Å². The van der Waals surface area contributed by atoms with Crippen molar-refractivity contribution < 1.29 is 4.79 Å². The molecule has 0 aromatic carbocycles. The van der Waals surface area contributed by atoms with Crippen LogP contribution in [0.4, 0.5) is 0 Å². The fourth-order valence-corrected chi connectivity index (χ4v) is 2.43. The van der Waals surface area contributed by atoms with E-state index in [0.29, 0.717) is 4.88 Å². The number of aromatic nitrogens is 1. The fraction of sp³-hybridized carbons (Fsp3) is 0.600. The van der Waals surface area contributed by atoms with Crippen LogP contribution in [0.5, 0.6) is 0 Å². The maximum atomic E-state index is 11.7. The van der Waals surface area contributed by atoms with E-state index in [-0.39, 0.29) is 18.0 Å². The van der Waals surface area contributed by atoms with Gasteiger partial charge in [0.2, 0.25) is 0 Å². The Morgan fingerprint density at radius 2 is 2.33 bits per heavy atom. The van der Waals surface area contributed by atoms with Gasteiger partial charge in [-0.3, -0.25) is 9.78 Å². The third-order valence-electron chi connectivity index (χ3n) is 2.79. The number of hydrogen-bond donors (Lipinski definition) is 2. The Bertz CT molecular complexity index is 325. The third kappa shape index (κ3) is 2.54. The highest BCUT2D eigenvalue weighted by Crippen LogP contribution is 2.17. The van der Waals surface area contributed by atoms with Gasteiger partial charge in [0.25, 0.3) is 5.91 Å². The van der Waals surface area contributed by atoms with E-state index < -0.39 is 0 Å². The van der Waals surface area contributed by atoms with Crippen molar-refractivity contribution in [3.63, 3.8) is 0 Å². The normalized spacial score (nSPS) is 26.2. The SMILES string of the molecule is NC1CCCCC1NC(=O)c1cncs1. The molecule has 0 spiro atoms. The monoisotopic (exact) mass is 225 g/mol. The summed E-state index contributed by atoms with van der Waals surface area (Å²) in [4.78, 5) is 16.3. The molecule has 2 rings (SSSR count). The van der Waals surface area contributed by atoms with E-state index >= 15 is 0 Å². The lowest BCUT2D eigenvalue weighted by Gasteiger charge is -2.28. The van der Waals surface area contributed by atoms with Gasteiger partial charge in [-0.25, -0.2) is 0 Å². The van der Waals surface area contributed by atoms with E-state index in [1.807, 2.05) is 0 Å². The lowest BCUT2D eigenvalue weighted by Crippen LogP contribution is -2.49. The number of carbonyl (C=O) groups is 1. The Morgan fingerprint density at radius 3 is 3.00 bits per heavy atom. The van der Waals surface area contributed by atoms with Crippen LogP contribution in [0.1, 0.15) is 35.4 Å². The smallest absolute Gasteiger partial charge is 0.263 e. The Kier molecular flexibility index (Phi) is 3.33. The van der Waals surface area contributed by atoms with Crippen molar-refractivity contribution in [1.29, 1.82) is 0 Å². The van der Waals surface area contributed by atoms with Gasteiger partial charge in [-0.2, -0.15) is 0 Å². The van der Waals surface area contributed by atoms with Crippen LogP contribution in [-0.4, -0.2) is 23.0 Å². The molecule has 1 aromatic heterocycles. The molecule has 2 atom stereocenters. The van der Waals surface area contributed by atoms with Crippen LogP contribution >= 0.6 is 11.3 Å². The van der Waals surface area contributed by atoms with Crippen LogP contribution < -0.4 is 11.1 Å². The quantitative estimate of drug-likeness (QED) is 0.793. The molecular formula is C10H15N3OS. The number of thiazole rings is 1. The molecule has 4 nitrogen and oxygen atoms in total. The van der Waals surface area contributed by atoms with Gasteiger partial charge >= 0.3 is 0 Å². The second-order valence-electron chi connectivity index (χ2n) is 3.89. The van der Waals surface area contributed by atoms with Crippen LogP contribution in [0.25, 0.3) is 0 Å². The summed E-state index contributed by atoms with van der Waals surface area (Å²) in [6.07, 6.45) is 5.92. The van der Waals surface area contributed by atoms with Gasteiger partial charge in [-0.15, -0.1) is 11.3 Å². The zero-order valence-corrected chi connectivity index (χ0v) is 9.30. The maximum Gasteiger partial charge on any atom is 0.263 e. The van der Waals surface area contributed by atoms with Gasteiger partial charge in [0.15, 0.2) is 0 Å². The Balaban J connectivity index is 1.93. The summed E-state index contributed by atoms with van der Waals surface area (Å²) in [6, 6.07) is 0.240. The fourth-order valence-electron chi connectivity index (χ4n) is 1.91. The predicted molar refractivity (Wildman–Crippen MR) is 59.8 cm³/mol. The molecule has 0 saturated heterocycles. The zero-order valence-electron chi connectivity index (χ0n) is 8.48. The maximum absolute atomic E-state index is 11.7. The summed E-state index contributed by atoms with van der Waals surface area (Å²) in [7, 11) is 0. The summed E-state index contributed by atoms with van der Waals surface area (Å²) < 4.78 is 0. The summed E-state index contributed by atoms with van der Waals surface area (Å²) in [6.45, 7) is 0. The minimum atomic E-state index is -0.0418. The highest BCUT2D eigenvalue weighted by molar-refractivity contribution is 7.11. The lowest BCUT2D eigenvalue weighted by atomic mass is 9.91.